The maximum atomic E-state index is 11.3. The molecule has 0 aromatic rings. The van der Waals surface area contributed by atoms with E-state index >= 15 is 0 Å². The summed E-state index contributed by atoms with van der Waals surface area (Å²) in [6, 6.07) is 0. The van der Waals surface area contributed by atoms with Gasteiger partial charge in [-0.25, -0.2) is 0 Å². The van der Waals surface area contributed by atoms with Crippen molar-refractivity contribution in [1.82, 2.24) is 5.32 Å². The Morgan fingerprint density at radius 2 is 2.07 bits per heavy atom. The number of hydrogen-bond acceptors (Lipinski definition) is 2. The average Bonchev–Trinajstić information content (AvgIpc) is 2.24. The Hall–Kier alpha value is -0.570. The average molecular weight is 214 g/mol. The summed E-state index contributed by atoms with van der Waals surface area (Å²) in [6.45, 7) is 5.83. The molecule has 0 aromatic heterocycles. The van der Waals surface area contributed by atoms with Gasteiger partial charge < -0.3 is 11.1 Å². The Morgan fingerprint density at radius 3 is 2.67 bits per heavy atom. The Bertz CT molecular complexity index is 160. The van der Waals surface area contributed by atoms with Crippen molar-refractivity contribution in [3.63, 3.8) is 0 Å². The summed E-state index contributed by atoms with van der Waals surface area (Å²) < 4.78 is 0. The van der Waals surface area contributed by atoms with E-state index in [1.54, 1.807) is 0 Å². The van der Waals surface area contributed by atoms with E-state index in [9.17, 15) is 4.79 Å². The summed E-state index contributed by atoms with van der Waals surface area (Å²) in [7, 11) is 0. The Morgan fingerprint density at radius 1 is 1.33 bits per heavy atom. The van der Waals surface area contributed by atoms with Gasteiger partial charge in [0.15, 0.2) is 0 Å². The molecule has 3 nitrogen and oxygen atoms in total. The predicted octanol–water partition coefficient (Wildman–Crippen LogP) is 2.06. The highest BCUT2D eigenvalue weighted by atomic mass is 16.1. The van der Waals surface area contributed by atoms with E-state index in [2.05, 4.69) is 19.2 Å². The van der Waals surface area contributed by atoms with Crippen LogP contribution in [0.1, 0.15) is 52.4 Å². The van der Waals surface area contributed by atoms with E-state index in [0.717, 1.165) is 38.8 Å². The minimum Gasteiger partial charge on any atom is -0.356 e. The van der Waals surface area contributed by atoms with E-state index < -0.39 is 0 Å². The molecule has 15 heavy (non-hydrogen) atoms. The third-order valence-electron chi connectivity index (χ3n) is 2.61. The topological polar surface area (TPSA) is 55.1 Å². The maximum Gasteiger partial charge on any atom is 0.219 e. The number of unbranched alkanes of at least 4 members (excludes halogenated alkanes) is 2. The molecule has 0 aromatic carbocycles. The maximum absolute atomic E-state index is 11.3. The molecule has 1 amide bonds. The molecule has 3 heteroatoms. The van der Waals surface area contributed by atoms with Gasteiger partial charge in [-0.05, 0) is 31.7 Å². The molecule has 0 spiro atoms. The fourth-order valence-electron chi connectivity index (χ4n) is 1.42. The van der Waals surface area contributed by atoms with Crippen LogP contribution in [0.2, 0.25) is 0 Å². The first-order valence-electron chi connectivity index (χ1n) is 6.17. The van der Waals surface area contributed by atoms with Gasteiger partial charge in [0.2, 0.25) is 5.91 Å². The number of rotatable bonds is 9. The molecule has 0 aliphatic carbocycles. The van der Waals surface area contributed by atoms with Crippen LogP contribution in [0.3, 0.4) is 0 Å². The second-order valence-electron chi connectivity index (χ2n) is 4.29. The molecule has 0 saturated carbocycles. The third kappa shape index (κ3) is 9.73. The zero-order valence-corrected chi connectivity index (χ0v) is 10.2. The van der Waals surface area contributed by atoms with Crippen molar-refractivity contribution in [2.75, 3.05) is 13.1 Å². The lowest BCUT2D eigenvalue weighted by atomic mass is 10.1. The smallest absolute Gasteiger partial charge is 0.219 e. The van der Waals surface area contributed by atoms with Gasteiger partial charge in [0.25, 0.3) is 0 Å². The first-order valence-corrected chi connectivity index (χ1v) is 6.17. The molecule has 0 radical (unpaired) electrons. The Balaban J connectivity index is 3.23. The molecule has 0 aliphatic heterocycles. The van der Waals surface area contributed by atoms with E-state index in [1.165, 1.54) is 6.42 Å². The second-order valence-corrected chi connectivity index (χ2v) is 4.29. The van der Waals surface area contributed by atoms with Gasteiger partial charge in [0, 0.05) is 13.0 Å². The van der Waals surface area contributed by atoms with Crippen LogP contribution >= 0.6 is 0 Å². The van der Waals surface area contributed by atoms with Crippen molar-refractivity contribution in [3.8, 4) is 0 Å². The first kappa shape index (κ1) is 14.4. The van der Waals surface area contributed by atoms with Crippen molar-refractivity contribution in [3.05, 3.63) is 0 Å². The fourth-order valence-corrected chi connectivity index (χ4v) is 1.42. The van der Waals surface area contributed by atoms with E-state index in [1.807, 2.05) is 0 Å². The standard InChI is InChI=1S/C12H26N2O/c1-3-4-5-8-12(15)14-9-6-7-11(2)10-13/h11H,3-10,13H2,1-2H3,(H,14,15). The minimum atomic E-state index is 0.198. The zero-order chi connectivity index (χ0) is 11.5. The van der Waals surface area contributed by atoms with Crippen molar-refractivity contribution >= 4 is 5.91 Å². The van der Waals surface area contributed by atoms with Crippen LogP contribution in [0.5, 0.6) is 0 Å². The lowest BCUT2D eigenvalue weighted by Crippen LogP contribution is -2.24. The predicted molar refractivity (Wildman–Crippen MR) is 64.6 cm³/mol. The summed E-state index contributed by atoms with van der Waals surface area (Å²) in [5.41, 5.74) is 5.51. The highest BCUT2D eigenvalue weighted by Crippen LogP contribution is 2.02. The highest BCUT2D eigenvalue weighted by molar-refractivity contribution is 5.75. The molecule has 1 unspecified atom stereocenters. The van der Waals surface area contributed by atoms with Crippen LogP contribution in [-0.2, 0) is 4.79 Å². The molecular weight excluding hydrogens is 188 g/mol. The zero-order valence-electron chi connectivity index (χ0n) is 10.2. The molecule has 0 bridgehead atoms. The number of nitrogens with one attached hydrogen (secondary N) is 1. The number of hydrogen-bond donors (Lipinski definition) is 2. The first-order chi connectivity index (χ1) is 7.20. The van der Waals surface area contributed by atoms with Gasteiger partial charge in [0.05, 0.1) is 0 Å². The Labute approximate surface area is 93.8 Å². The monoisotopic (exact) mass is 214 g/mol. The summed E-state index contributed by atoms with van der Waals surface area (Å²) >= 11 is 0. The summed E-state index contributed by atoms with van der Waals surface area (Å²) in [5.74, 6) is 0.769. The summed E-state index contributed by atoms with van der Waals surface area (Å²) in [6.07, 6.45) is 6.16. The fraction of sp³-hybridized carbons (Fsp3) is 0.917. The number of carbonyl (C=O) groups excluding carboxylic acids is 1. The molecule has 0 fully saturated rings. The van der Waals surface area contributed by atoms with Crippen molar-refractivity contribution in [2.24, 2.45) is 11.7 Å². The number of amides is 1. The van der Waals surface area contributed by atoms with E-state index in [-0.39, 0.29) is 5.91 Å². The molecule has 0 rings (SSSR count). The second kappa shape index (κ2) is 9.97. The Kier molecular flexibility index (Phi) is 9.59. The van der Waals surface area contributed by atoms with E-state index in [4.69, 9.17) is 5.73 Å². The van der Waals surface area contributed by atoms with Gasteiger partial charge >= 0.3 is 0 Å². The molecule has 0 aliphatic rings. The van der Waals surface area contributed by atoms with Gasteiger partial charge in [-0.2, -0.15) is 0 Å². The third-order valence-corrected chi connectivity index (χ3v) is 2.61. The van der Waals surface area contributed by atoms with Crippen LogP contribution in [0.15, 0.2) is 0 Å². The van der Waals surface area contributed by atoms with Crippen LogP contribution in [0.25, 0.3) is 0 Å². The quantitative estimate of drug-likeness (QED) is 0.577. The molecule has 3 N–H and O–H groups in total. The summed E-state index contributed by atoms with van der Waals surface area (Å²) in [5, 5.41) is 2.94. The van der Waals surface area contributed by atoms with Gasteiger partial charge in [-0.1, -0.05) is 26.7 Å². The molecular formula is C12H26N2O. The lowest BCUT2D eigenvalue weighted by molar-refractivity contribution is -0.121. The molecule has 0 heterocycles. The summed E-state index contributed by atoms with van der Waals surface area (Å²) in [4.78, 5) is 11.3. The molecule has 90 valence electrons. The van der Waals surface area contributed by atoms with Gasteiger partial charge in [-0.15, -0.1) is 0 Å². The largest absolute Gasteiger partial charge is 0.356 e. The van der Waals surface area contributed by atoms with Crippen LogP contribution in [-0.4, -0.2) is 19.0 Å². The van der Waals surface area contributed by atoms with Crippen molar-refractivity contribution in [2.45, 2.75) is 52.4 Å². The van der Waals surface area contributed by atoms with Crippen LogP contribution in [0.4, 0.5) is 0 Å². The number of carbonyl (C=O) groups is 1. The normalized spacial score (nSPS) is 12.5. The SMILES string of the molecule is CCCCCC(=O)NCCCC(C)CN. The highest BCUT2D eigenvalue weighted by Gasteiger charge is 2.01. The van der Waals surface area contributed by atoms with E-state index in [0.29, 0.717) is 12.3 Å². The van der Waals surface area contributed by atoms with Crippen molar-refractivity contribution in [1.29, 1.82) is 0 Å². The molecule has 1 atom stereocenters. The van der Waals surface area contributed by atoms with Gasteiger partial charge in [0.1, 0.15) is 0 Å². The van der Waals surface area contributed by atoms with Crippen molar-refractivity contribution < 1.29 is 4.79 Å². The molecule has 0 saturated heterocycles. The van der Waals surface area contributed by atoms with Crippen LogP contribution < -0.4 is 11.1 Å². The minimum absolute atomic E-state index is 0.198. The lowest BCUT2D eigenvalue weighted by Gasteiger charge is -2.08. The van der Waals surface area contributed by atoms with Gasteiger partial charge in [-0.3, -0.25) is 4.79 Å². The number of nitrogens with two attached hydrogens (primary N) is 1. The van der Waals surface area contributed by atoms with Crippen LogP contribution in [0, 0.1) is 5.92 Å².